The van der Waals surface area contributed by atoms with E-state index in [0.29, 0.717) is 11.0 Å². The summed E-state index contributed by atoms with van der Waals surface area (Å²) in [6.45, 7) is 4.77. The van der Waals surface area contributed by atoms with Gasteiger partial charge in [0.05, 0.1) is 7.11 Å². The summed E-state index contributed by atoms with van der Waals surface area (Å²) in [5.41, 5.74) is 5.66. The van der Waals surface area contributed by atoms with Gasteiger partial charge in [-0.2, -0.15) is 0 Å². The van der Waals surface area contributed by atoms with Crippen molar-refractivity contribution in [3.05, 3.63) is 23.5 Å². The Labute approximate surface area is 139 Å². The maximum absolute atomic E-state index is 5.66. The summed E-state index contributed by atoms with van der Waals surface area (Å²) in [5, 5.41) is 0.636. The van der Waals surface area contributed by atoms with Gasteiger partial charge in [0.2, 0.25) is 5.88 Å². The van der Waals surface area contributed by atoms with Crippen LogP contribution in [0.4, 0.5) is 10.9 Å². The molecule has 9 heteroatoms. The number of nitrogen functional groups attached to an aromatic ring is 1. The highest BCUT2D eigenvalue weighted by Crippen LogP contribution is 2.20. The molecule has 3 heterocycles. The summed E-state index contributed by atoms with van der Waals surface area (Å²) in [5.74, 6) is 1.52. The van der Waals surface area contributed by atoms with Gasteiger partial charge in [-0.05, 0) is 0 Å². The Balaban J connectivity index is 0.00000176. The van der Waals surface area contributed by atoms with E-state index in [4.69, 9.17) is 10.5 Å². The minimum absolute atomic E-state index is 0. The lowest BCUT2D eigenvalue weighted by atomic mass is 10.3. The van der Waals surface area contributed by atoms with E-state index in [1.165, 1.54) is 4.88 Å². The molecule has 1 saturated heterocycles. The van der Waals surface area contributed by atoms with Crippen molar-refractivity contribution in [3.8, 4) is 5.88 Å². The third-order valence-corrected chi connectivity index (χ3v) is 4.30. The van der Waals surface area contributed by atoms with Gasteiger partial charge in [-0.1, -0.05) is 0 Å². The minimum Gasteiger partial charge on any atom is -0.481 e. The first-order valence-electron chi connectivity index (χ1n) is 6.78. The van der Waals surface area contributed by atoms with E-state index in [2.05, 4.69) is 24.8 Å². The van der Waals surface area contributed by atoms with E-state index < -0.39 is 0 Å². The maximum Gasteiger partial charge on any atom is 0.218 e. The zero-order valence-electron chi connectivity index (χ0n) is 12.3. The topological polar surface area (TPSA) is 80.4 Å². The number of hydrogen-bond donors (Lipinski definition) is 1. The number of halogens is 1. The summed E-state index contributed by atoms with van der Waals surface area (Å²) < 4.78 is 5.14. The van der Waals surface area contributed by atoms with E-state index >= 15 is 0 Å². The molecule has 7 nitrogen and oxygen atoms in total. The lowest BCUT2D eigenvalue weighted by molar-refractivity contribution is 0.251. The fourth-order valence-electron chi connectivity index (χ4n) is 2.37. The average Bonchev–Trinajstić information content (AvgIpc) is 2.93. The largest absolute Gasteiger partial charge is 0.481 e. The molecule has 120 valence electrons. The molecular weight excluding hydrogens is 324 g/mol. The van der Waals surface area contributed by atoms with Gasteiger partial charge in [0.15, 0.2) is 5.13 Å². The summed E-state index contributed by atoms with van der Waals surface area (Å²) in [6, 6.07) is 1.87. The van der Waals surface area contributed by atoms with Crippen molar-refractivity contribution in [3.63, 3.8) is 0 Å². The van der Waals surface area contributed by atoms with Crippen molar-refractivity contribution >= 4 is 34.7 Å². The van der Waals surface area contributed by atoms with Crippen LogP contribution in [0.1, 0.15) is 4.88 Å². The number of ether oxygens (including phenoxy) is 1. The molecule has 0 atom stereocenters. The summed E-state index contributed by atoms with van der Waals surface area (Å²) in [4.78, 5) is 18.3. The molecule has 0 spiro atoms. The first-order chi connectivity index (χ1) is 10.2. The number of nitrogens with two attached hydrogens (primary N) is 1. The van der Waals surface area contributed by atoms with Crippen molar-refractivity contribution in [1.29, 1.82) is 0 Å². The molecule has 0 unspecified atom stereocenters. The van der Waals surface area contributed by atoms with Crippen molar-refractivity contribution in [2.75, 3.05) is 43.9 Å². The SMILES string of the molecule is COc1cc(N2CCN(Cc3cnc(N)s3)CC2)ncn1.Cl. The summed E-state index contributed by atoms with van der Waals surface area (Å²) >= 11 is 1.56. The molecule has 0 bridgehead atoms. The summed E-state index contributed by atoms with van der Waals surface area (Å²) in [6.07, 6.45) is 3.41. The van der Waals surface area contributed by atoms with E-state index in [0.717, 1.165) is 38.5 Å². The number of piperazine rings is 1. The molecular formula is C13H19ClN6OS. The molecule has 2 aromatic rings. The lowest BCUT2D eigenvalue weighted by Crippen LogP contribution is -2.46. The highest BCUT2D eigenvalue weighted by Gasteiger charge is 2.19. The minimum atomic E-state index is 0. The number of methoxy groups -OCH3 is 1. The Morgan fingerprint density at radius 1 is 1.23 bits per heavy atom. The van der Waals surface area contributed by atoms with Crippen LogP contribution in [0, 0.1) is 0 Å². The molecule has 2 N–H and O–H groups in total. The molecule has 1 fully saturated rings. The second kappa shape index (κ2) is 7.57. The van der Waals surface area contributed by atoms with E-state index in [1.54, 1.807) is 24.8 Å². The second-order valence-corrected chi connectivity index (χ2v) is 5.99. The van der Waals surface area contributed by atoms with Crippen LogP contribution < -0.4 is 15.4 Å². The molecule has 2 aromatic heterocycles. The van der Waals surface area contributed by atoms with Crippen LogP contribution in [-0.2, 0) is 6.54 Å². The highest BCUT2D eigenvalue weighted by molar-refractivity contribution is 7.15. The first kappa shape index (κ1) is 16.7. The number of aromatic nitrogens is 3. The Hall–Kier alpha value is -1.64. The van der Waals surface area contributed by atoms with Crippen LogP contribution >= 0.6 is 23.7 Å². The Kier molecular flexibility index (Phi) is 5.76. The van der Waals surface area contributed by atoms with Gasteiger partial charge in [0.1, 0.15) is 12.1 Å². The molecule has 0 saturated carbocycles. The number of rotatable bonds is 4. The van der Waals surface area contributed by atoms with Crippen LogP contribution in [0.2, 0.25) is 0 Å². The van der Waals surface area contributed by atoms with E-state index in [1.807, 2.05) is 12.3 Å². The van der Waals surface area contributed by atoms with Gasteiger partial charge < -0.3 is 15.4 Å². The van der Waals surface area contributed by atoms with Gasteiger partial charge in [0.25, 0.3) is 0 Å². The molecule has 0 aliphatic carbocycles. The monoisotopic (exact) mass is 342 g/mol. The van der Waals surface area contributed by atoms with Crippen molar-refractivity contribution in [1.82, 2.24) is 19.9 Å². The van der Waals surface area contributed by atoms with Crippen LogP contribution in [0.15, 0.2) is 18.6 Å². The first-order valence-corrected chi connectivity index (χ1v) is 7.60. The predicted octanol–water partition coefficient (Wildman–Crippen LogP) is 1.27. The molecule has 3 rings (SSSR count). The zero-order valence-corrected chi connectivity index (χ0v) is 13.9. The van der Waals surface area contributed by atoms with Crippen LogP contribution in [-0.4, -0.2) is 53.1 Å². The van der Waals surface area contributed by atoms with Crippen molar-refractivity contribution in [2.24, 2.45) is 0 Å². The Morgan fingerprint density at radius 3 is 2.64 bits per heavy atom. The third kappa shape index (κ3) is 3.96. The average molecular weight is 343 g/mol. The predicted molar refractivity (Wildman–Crippen MR) is 89.8 cm³/mol. The molecule has 0 radical (unpaired) electrons. The molecule has 1 aliphatic heterocycles. The normalized spacial score (nSPS) is 15.4. The number of thiazole rings is 1. The van der Waals surface area contributed by atoms with Crippen molar-refractivity contribution in [2.45, 2.75) is 6.54 Å². The molecule has 0 aromatic carbocycles. The fraction of sp³-hybridized carbons (Fsp3) is 0.462. The molecule has 0 amide bonds. The van der Waals surface area contributed by atoms with Gasteiger partial charge in [0, 0.05) is 49.9 Å². The van der Waals surface area contributed by atoms with Gasteiger partial charge in [-0.3, -0.25) is 4.90 Å². The third-order valence-electron chi connectivity index (χ3n) is 3.48. The number of hydrogen-bond acceptors (Lipinski definition) is 8. The highest BCUT2D eigenvalue weighted by atomic mass is 35.5. The summed E-state index contributed by atoms with van der Waals surface area (Å²) in [7, 11) is 1.62. The number of anilines is 2. The Morgan fingerprint density at radius 2 is 2.00 bits per heavy atom. The van der Waals surface area contributed by atoms with E-state index in [-0.39, 0.29) is 12.4 Å². The second-order valence-electron chi connectivity index (χ2n) is 4.85. The van der Waals surface area contributed by atoms with Gasteiger partial charge in [-0.15, -0.1) is 23.7 Å². The smallest absolute Gasteiger partial charge is 0.218 e. The van der Waals surface area contributed by atoms with Crippen LogP contribution in [0.25, 0.3) is 0 Å². The zero-order chi connectivity index (χ0) is 14.7. The fourth-order valence-corrected chi connectivity index (χ4v) is 3.09. The quantitative estimate of drug-likeness (QED) is 0.896. The molecule has 1 aliphatic rings. The van der Waals surface area contributed by atoms with Gasteiger partial charge >= 0.3 is 0 Å². The standard InChI is InChI=1S/C13H18N6OS.ClH/c1-20-12-6-11(16-9-17-12)19-4-2-18(3-5-19)8-10-7-15-13(14)21-10;/h6-7,9H,2-5,8H2,1H3,(H2,14,15);1H. The number of nitrogens with zero attached hydrogens (tertiary/aromatic N) is 5. The molecule has 22 heavy (non-hydrogen) atoms. The Bertz CT molecular complexity index is 602. The maximum atomic E-state index is 5.66. The van der Waals surface area contributed by atoms with E-state index in [9.17, 15) is 0 Å². The van der Waals surface area contributed by atoms with Crippen molar-refractivity contribution < 1.29 is 4.74 Å². The lowest BCUT2D eigenvalue weighted by Gasteiger charge is -2.35. The van der Waals surface area contributed by atoms with Crippen LogP contribution in [0.5, 0.6) is 5.88 Å². The van der Waals surface area contributed by atoms with Crippen LogP contribution in [0.3, 0.4) is 0 Å². The van der Waals surface area contributed by atoms with Gasteiger partial charge in [-0.25, -0.2) is 15.0 Å².